The number of aromatic hydroxyl groups is 1. The molecule has 2 aliphatic heterocycles. The Morgan fingerprint density at radius 3 is 2.39 bits per heavy atom. The molecule has 2 amide bonds. The number of hydrogen-bond donors (Lipinski definition) is 5. The van der Waals surface area contributed by atoms with Crippen LogP contribution in [0.5, 0.6) is 5.75 Å². The smallest absolute Gasteiger partial charge is 0.411 e. The number of likely N-dealkylation sites (tertiary alicyclic amines) is 2. The maximum atomic E-state index is 14.9. The van der Waals surface area contributed by atoms with Crippen molar-refractivity contribution in [2.24, 2.45) is 5.92 Å². The fraction of sp³-hybridized carbons (Fsp3) is 0.362. The highest BCUT2D eigenvalue weighted by Crippen LogP contribution is 2.29. The summed E-state index contributed by atoms with van der Waals surface area (Å²) in [5.74, 6) is -0.679. The van der Waals surface area contributed by atoms with Crippen molar-refractivity contribution in [3.8, 4) is 16.9 Å². The van der Waals surface area contributed by atoms with Crippen molar-refractivity contribution in [3.63, 3.8) is 0 Å². The van der Waals surface area contributed by atoms with Crippen LogP contribution in [0.25, 0.3) is 22.0 Å². The van der Waals surface area contributed by atoms with E-state index in [2.05, 4.69) is 20.5 Å². The minimum atomic E-state index is -0.997. The van der Waals surface area contributed by atoms with Crippen LogP contribution in [0.3, 0.4) is 0 Å². The van der Waals surface area contributed by atoms with Gasteiger partial charge in [-0.05, 0) is 78.1 Å². The number of ether oxygens (including phenoxy) is 2. The number of piperidine rings is 2. The maximum Gasteiger partial charge on any atom is 0.411 e. The lowest BCUT2D eigenvalue weighted by Crippen LogP contribution is -2.43. The first-order chi connectivity index (χ1) is 29.6. The van der Waals surface area contributed by atoms with Crippen LogP contribution >= 0.6 is 0 Å². The van der Waals surface area contributed by atoms with Gasteiger partial charge in [0.2, 0.25) is 11.5 Å². The van der Waals surface area contributed by atoms with Gasteiger partial charge in [-0.2, -0.15) is 0 Å². The third kappa shape index (κ3) is 11.6. The van der Waals surface area contributed by atoms with Gasteiger partial charge in [0.05, 0.1) is 24.6 Å². The first kappa shape index (κ1) is 43.0. The number of phenols is 1. The van der Waals surface area contributed by atoms with Crippen molar-refractivity contribution in [1.82, 2.24) is 20.1 Å². The third-order valence-electron chi connectivity index (χ3n) is 11.5. The Labute approximate surface area is 353 Å². The Morgan fingerprint density at radius 1 is 0.869 bits per heavy atom. The van der Waals surface area contributed by atoms with Gasteiger partial charge in [0.1, 0.15) is 17.7 Å². The number of nitrogens with zero attached hydrogens (tertiary/aromatic N) is 2. The molecule has 4 aromatic carbocycles. The van der Waals surface area contributed by atoms with Crippen LogP contribution in [0.4, 0.5) is 14.9 Å². The van der Waals surface area contributed by atoms with Crippen molar-refractivity contribution >= 4 is 34.6 Å². The Kier molecular flexibility index (Phi) is 14.4. The maximum absolute atomic E-state index is 14.9. The van der Waals surface area contributed by atoms with Crippen molar-refractivity contribution in [2.45, 2.75) is 57.3 Å². The average Bonchev–Trinajstić information content (AvgIpc) is 3.27. The number of nitrogens with one attached hydrogen (secondary N) is 3. The second-order valence-corrected chi connectivity index (χ2v) is 15.8. The number of aromatic nitrogens is 1. The summed E-state index contributed by atoms with van der Waals surface area (Å²) in [6, 6.07) is 28.0. The number of aromatic amines is 1. The number of H-pyrrole nitrogens is 1. The molecule has 13 nitrogen and oxygen atoms in total. The molecule has 0 aliphatic carbocycles. The van der Waals surface area contributed by atoms with Crippen LogP contribution < -0.4 is 16.2 Å². The van der Waals surface area contributed by atoms with E-state index in [1.807, 2.05) is 59.5 Å². The zero-order valence-electron chi connectivity index (χ0n) is 34.0. The number of pyridine rings is 1. The molecule has 5 aromatic rings. The molecule has 0 radical (unpaired) electrons. The molecular formula is C47H52FN5O8. The molecule has 2 aliphatic rings. The number of rotatable bonds is 15. The zero-order valence-corrected chi connectivity index (χ0v) is 34.0. The Balaban J connectivity index is 0.756. The van der Waals surface area contributed by atoms with Crippen LogP contribution in [0.1, 0.15) is 54.9 Å². The molecule has 2 fully saturated rings. The van der Waals surface area contributed by atoms with Gasteiger partial charge in [0.15, 0.2) is 0 Å². The average molecular weight is 834 g/mol. The fourth-order valence-electron chi connectivity index (χ4n) is 8.09. The van der Waals surface area contributed by atoms with E-state index < -0.39 is 18.0 Å². The largest absolute Gasteiger partial charge is 0.506 e. The summed E-state index contributed by atoms with van der Waals surface area (Å²) in [6.45, 7) is 3.72. The van der Waals surface area contributed by atoms with Crippen molar-refractivity contribution in [2.75, 3.05) is 51.2 Å². The monoisotopic (exact) mass is 833 g/mol. The van der Waals surface area contributed by atoms with E-state index in [-0.39, 0.29) is 72.5 Å². The molecule has 320 valence electrons. The number of anilines is 1. The van der Waals surface area contributed by atoms with Gasteiger partial charge in [0, 0.05) is 74.9 Å². The quantitative estimate of drug-likeness (QED) is 0.0755. The second-order valence-electron chi connectivity index (χ2n) is 15.8. The lowest BCUT2D eigenvalue weighted by Gasteiger charge is -2.34. The third-order valence-corrected chi connectivity index (χ3v) is 11.5. The molecule has 1 atom stereocenters. The zero-order chi connectivity index (χ0) is 42.7. The number of halogens is 1. The number of carbonyl (C=O) groups excluding carboxylic acids is 3. The summed E-state index contributed by atoms with van der Waals surface area (Å²) in [5, 5.41) is 27.0. The second kappa shape index (κ2) is 20.4. The van der Waals surface area contributed by atoms with E-state index in [0.717, 1.165) is 42.6 Å². The minimum Gasteiger partial charge on any atom is -0.506 e. The normalized spacial score (nSPS) is 15.7. The molecule has 5 N–H and O–H groups in total. The van der Waals surface area contributed by atoms with Gasteiger partial charge < -0.3 is 39.8 Å². The molecule has 1 aromatic heterocycles. The van der Waals surface area contributed by atoms with Crippen molar-refractivity contribution < 1.29 is 38.5 Å². The van der Waals surface area contributed by atoms with Crippen molar-refractivity contribution in [1.29, 1.82) is 0 Å². The standard InChI is InChI=1S/C47H52FN5O8/c48-40-27-35(11-10-34(40)28-49-29-42(55)38-12-14-41(54)46-39(38)13-15-43(56)51-46)50-47(59)60-30-31-16-24-53(25-17-31)44(57)20-23-52-21-18-36(19-22-52)61-45(58)26-33-8-4-5-9-37(33)32-6-2-1-3-7-32/h1-15,27,31,36,42,49,54-55H,16-26,28-30H2,(H,50,59)(H,51,56)/t42-/m0/s1. The topological polar surface area (TPSA) is 174 Å². The van der Waals surface area contributed by atoms with E-state index in [1.54, 1.807) is 12.1 Å². The minimum absolute atomic E-state index is 0.0751. The van der Waals surface area contributed by atoms with Gasteiger partial charge in [-0.1, -0.05) is 66.7 Å². The molecule has 0 spiro atoms. The van der Waals surface area contributed by atoms with Crippen LogP contribution in [-0.2, 0) is 32.0 Å². The number of carbonyl (C=O) groups is 3. The van der Waals surface area contributed by atoms with Crippen LogP contribution in [-0.4, -0.2) is 94.9 Å². The number of esters is 1. The molecule has 14 heteroatoms. The highest BCUT2D eigenvalue weighted by Gasteiger charge is 2.27. The summed E-state index contributed by atoms with van der Waals surface area (Å²) in [6.07, 6.45) is 1.69. The Morgan fingerprint density at radius 2 is 1.62 bits per heavy atom. The van der Waals surface area contributed by atoms with Gasteiger partial charge in [0.25, 0.3) is 0 Å². The first-order valence-corrected chi connectivity index (χ1v) is 20.9. The molecular weight excluding hydrogens is 782 g/mol. The van der Waals surface area contributed by atoms with Crippen molar-refractivity contribution in [3.05, 3.63) is 130 Å². The summed E-state index contributed by atoms with van der Waals surface area (Å²) in [4.78, 5) is 56.9. The molecule has 0 bridgehead atoms. The van der Waals surface area contributed by atoms with Crippen LogP contribution in [0.15, 0.2) is 102 Å². The first-order valence-electron chi connectivity index (χ1n) is 20.9. The highest BCUT2D eigenvalue weighted by atomic mass is 19.1. The van der Waals surface area contributed by atoms with Crippen LogP contribution in [0, 0.1) is 11.7 Å². The number of benzene rings is 4. The van der Waals surface area contributed by atoms with E-state index in [4.69, 9.17) is 9.47 Å². The fourth-order valence-corrected chi connectivity index (χ4v) is 8.09. The number of amides is 2. The van der Waals surface area contributed by atoms with Gasteiger partial charge >= 0.3 is 12.1 Å². The molecule has 2 saturated heterocycles. The highest BCUT2D eigenvalue weighted by molar-refractivity contribution is 5.87. The van der Waals surface area contributed by atoms with Gasteiger partial charge in [-0.3, -0.25) is 19.7 Å². The van der Waals surface area contributed by atoms with E-state index in [0.29, 0.717) is 55.4 Å². The number of aliphatic hydroxyl groups is 1. The lowest BCUT2D eigenvalue weighted by atomic mass is 9.97. The molecule has 3 heterocycles. The SMILES string of the molecule is O=C(Cc1ccccc1-c1ccccc1)OC1CCN(CCC(=O)N2CCC(COC(=O)Nc3ccc(CNC[C@H](O)c4ccc(O)c5[nH]c(=O)ccc45)c(F)c3)CC2)CC1. The Bertz CT molecular complexity index is 2360. The number of aliphatic hydroxyl groups excluding tert-OH is 1. The molecule has 0 saturated carbocycles. The summed E-state index contributed by atoms with van der Waals surface area (Å²) >= 11 is 0. The van der Waals surface area contributed by atoms with Gasteiger partial charge in [-0.25, -0.2) is 9.18 Å². The van der Waals surface area contributed by atoms with E-state index >= 15 is 0 Å². The lowest BCUT2D eigenvalue weighted by molar-refractivity contribution is -0.150. The molecule has 61 heavy (non-hydrogen) atoms. The van der Waals surface area contributed by atoms with Crippen LogP contribution in [0.2, 0.25) is 0 Å². The van der Waals surface area contributed by atoms with E-state index in [1.165, 1.54) is 30.3 Å². The predicted octanol–water partition coefficient (Wildman–Crippen LogP) is 6.29. The number of hydrogen-bond acceptors (Lipinski definition) is 10. The van der Waals surface area contributed by atoms with E-state index in [9.17, 15) is 33.8 Å². The summed E-state index contributed by atoms with van der Waals surface area (Å²) in [5.41, 5.74) is 3.95. The van der Waals surface area contributed by atoms with Gasteiger partial charge in [-0.15, -0.1) is 0 Å². The molecule has 7 rings (SSSR count). The summed E-state index contributed by atoms with van der Waals surface area (Å²) in [7, 11) is 0. The number of phenolic OH excluding ortho intramolecular Hbond substituents is 1. The predicted molar refractivity (Wildman–Crippen MR) is 229 cm³/mol. The molecule has 0 unspecified atom stereocenters. The Hall–Kier alpha value is -6.09. The number of fused-ring (bicyclic) bond motifs is 1. The summed E-state index contributed by atoms with van der Waals surface area (Å²) < 4.78 is 26.3.